The van der Waals surface area contributed by atoms with Gasteiger partial charge in [-0.15, -0.1) is 0 Å². The summed E-state index contributed by atoms with van der Waals surface area (Å²) in [7, 11) is 1.57. The number of nitrogens with one attached hydrogen (secondary N) is 2. The molecule has 4 rings (SSSR count). The molecule has 0 radical (unpaired) electrons. The zero-order chi connectivity index (χ0) is 21.4. The van der Waals surface area contributed by atoms with Crippen LogP contribution in [0, 0.1) is 5.92 Å². The Balaban J connectivity index is 1.86. The third-order valence-corrected chi connectivity index (χ3v) is 5.10. The zero-order valence-electron chi connectivity index (χ0n) is 17.2. The lowest BCUT2D eigenvalue weighted by Crippen LogP contribution is -2.33. The van der Waals surface area contributed by atoms with Crippen molar-refractivity contribution in [2.75, 3.05) is 12.4 Å². The van der Waals surface area contributed by atoms with Crippen molar-refractivity contribution >= 4 is 22.6 Å². The van der Waals surface area contributed by atoms with Crippen molar-refractivity contribution in [1.82, 2.24) is 14.5 Å². The highest BCUT2D eigenvalue weighted by Crippen LogP contribution is 2.40. The van der Waals surface area contributed by atoms with Crippen molar-refractivity contribution < 1.29 is 9.53 Å². The lowest BCUT2D eigenvalue weighted by atomic mass is 10.1. The molecule has 1 aromatic carbocycles. The van der Waals surface area contributed by atoms with E-state index in [-0.39, 0.29) is 28.4 Å². The fourth-order valence-corrected chi connectivity index (χ4v) is 3.47. The third kappa shape index (κ3) is 3.85. The molecule has 0 spiro atoms. The van der Waals surface area contributed by atoms with Crippen molar-refractivity contribution in [3.63, 3.8) is 0 Å². The van der Waals surface area contributed by atoms with Gasteiger partial charge in [0.1, 0.15) is 5.75 Å². The van der Waals surface area contributed by atoms with E-state index >= 15 is 0 Å². The molecule has 0 saturated heterocycles. The number of carbonyl (C=O) groups is 1. The van der Waals surface area contributed by atoms with E-state index < -0.39 is 17.2 Å². The molecule has 0 aliphatic heterocycles. The molecule has 0 bridgehead atoms. The second kappa shape index (κ2) is 7.78. The van der Waals surface area contributed by atoms with Gasteiger partial charge >= 0.3 is 5.69 Å². The lowest BCUT2D eigenvalue weighted by Gasteiger charge is -2.15. The van der Waals surface area contributed by atoms with Gasteiger partial charge in [0, 0.05) is 23.8 Å². The summed E-state index contributed by atoms with van der Waals surface area (Å²) in [6, 6.07) is 8.60. The smallest absolute Gasteiger partial charge is 0.330 e. The molecular formula is C22H24N4O4. The number of H-pyrrole nitrogens is 1. The molecule has 2 N–H and O–H groups in total. The largest absolute Gasteiger partial charge is 0.497 e. The summed E-state index contributed by atoms with van der Waals surface area (Å²) in [4.78, 5) is 45.3. The number of rotatable bonds is 6. The summed E-state index contributed by atoms with van der Waals surface area (Å²) in [5.41, 5.74) is 0.682. The summed E-state index contributed by atoms with van der Waals surface area (Å²) < 4.78 is 6.59. The van der Waals surface area contributed by atoms with Crippen LogP contribution in [-0.4, -0.2) is 27.6 Å². The first kappa shape index (κ1) is 19.9. The number of benzene rings is 1. The third-order valence-electron chi connectivity index (χ3n) is 5.10. The van der Waals surface area contributed by atoms with Gasteiger partial charge in [-0.3, -0.25) is 19.1 Å². The molecule has 1 aliphatic rings. The molecule has 1 amide bonds. The number of nitrogens with zero attached hydrogens (tertiary/aromatic N) is 2. The highest BCUT2D eigenvalue weighted by molar-refractivity contribution is 6.11. The average molecular weight is 408 g/mol. The van der Waals surface area contributed by atoms with Gasteiger partial charge in [-0.1, -0.05) is 13.8 Å². The maximum absolute atomic E-state index is 13.1. The summed E-state index contributed by atoms with van der Waals surface area (Å²) in [5, 5.41) is 2.96. The van der Waals surface area contributed by atoms with Gasteiger partial charge in [0.05, 0.1) is 18.1 Å². The first-order valence-corrected chi connectivity index (χ1v) is 10.0. The van der Waals surface area contributed by atoms with Crippen molar-refractivity contribution in [2.45, 2.75) is 39.2 Å². The zero-order valence-corrected chi connectivity index (χ0v) is 17.2. The second-order valence-electron chi connectivity index (χ2n) is 8.01. The van der Waals surface area contributed by atoms with E-state index in [4.69, 9.17) is 4.74 Å². The number of hydrogen-bond acceptors (Lipinski definition) is 5. The average Bonchev–Trinajstić information content (AvgIpc) is 3.56. The number of anilines is 1. The number of carbonyl (C=O) groups excluding carboxylic acids is 1. The maximum atomic E-state index is 13.1. The van der Waals surface area contributed by atoms with Gasteiger partial charge in [0.15, 0.2) is 5.65 Å². The van der Waals surface area contributed by atoms with Crippen LogP contribution in [0.15, 0.2) is 39.9 Å². The molecule has 2 heterocycles. The maximum Gasteiger partial charge on any atom is 0.330 e. The Hall–Kier alpha value is -3.42. The second-order valence-corrected chi connectivity index (χ2v) is 8.01. The fourth-order valence-electron chi connectivity index (χ4n) is 3.47. The monoisotopic (exact) mass is 408 g/mol. The number of pyridine rings is 1. The summed E-state index contributed by atoms with van der Waals surface area (Å²) in [6.45, 7) is 4.35. The Morgan fingerprint density at radius 2 is 1.97 bits per heavy atom. The standard InChI is InChI=1S/C22H24N4O4/c1-12(2)11-26-19-18(21(28)25-22(26)29)16(10-17(24-19)13-4-5-13)20(27)23-14-6-8-15(30-3)9-7-14/h6-10,12-13H,4-5,11H2,1-3H3,(H,23,27)(H,25,28,29). The predicted molar refractivity (Wildman–Crippen MR) is 114 cm³/mol. The molecular weight excluding hydrogens is 384 g/mol. The van der Waals surface area contributed by atoms with Gasteiger partial charge in [0.2, 0.25) is 0 Å². The Bertz CT molecular complexity index is 1220. The van der Waals surface area contributed by atoms with E-state index in [1.165, 1.54) is 4.57 Å². The molecule has 1 fully saturated rings. The van der Waals surface area contributed by atoms with Crippen LogP contribution in [0.4, 0.5) is 5.69 Å². The SMILES string of the molecule is COc1ccc(NC(=O)c2cc(C3CC3)nc3c2c(=O)[nH]c(=O)n3CC(C)C)cc1. The fraction of sp³-hybridized carbons (Fsp3) is 0.364. The van der Waals surface area contributed by atoms with Gasteiger partial charge in [-0.2, -0.15) is 0 Å². The highest BCUT2D eigenvalue weighted by Gasteiger charge is 2.28. The van der Waals surface area contributed by atoms with Gasteiger partial charge in [-0.25, -0.2) is 9.78 Å². The van der Waals surface area contributed by atoms with Crippen LogP contribution >= 0.6 is 0 Å². The van der Waals surface area contributed by atoms with Crippen LogP contribution in [0.25, 0.3) is 11.0 Å². The number of aromatic amines is 1. The van der Waals surface area contributed by atoms with Crippen LogP contribution in [0.2, 0.25) is 0 Å². The van der Waals surface area contributed by atoms with Crippen LogP contribution in [0.5, 0.6) is 5.75 Å². The van der Waals surface area contributed by atoms with E-state index in [9.17, 15) is 14.4 Å². The molecule has 1 aliphatic carbocycles. The summed E-state index contributed by atoms with van der Waals surface area (Å²) >= 11 is 0. The van der Waals surface area contributed by atoms with E-state index in [1.54, 1.807) is 37.4 Å². The predicted octanol–water partition coefficient (Wildman–Crippen LogP) is 2.88. The van der Waals surface area contributed by atoms with Crippen LogP contribution in [-0.2, 0) is 6.54 Å². The number of ether oxygens (including phenoxy) is 1. The Labute approximate surface area is 172 Å². The minimum absolute atomic E-state index is 0.130. The summed E-state index contributed by atoms with van der Waals surface area (Å²) in [6.07, 6.45) is 1.96. The molecule has 0 unspecified atom stereocenters. The van der Waals surface area contributed by atoms with E-state index in [1.807, 2.05) is 13.8 Å². The first-order valence-electron chi connectivity index (χ1n) is 10.0. The van der Waals surface area contributed by atoms with Crippen molar-refractivity contribution in [3.05, 3.63) is 62.4 Å². The molecule has 8 nitrogen and oxygen atoms in total. The Morgan fingerprint density at radius 3 is 2.57 bits per heavy atom. The first-order chi connectivity index (χ1) is 14.4. The van der Waals surface area contributed by atoms with Gasteiger partial charge < -0.3 is 10.1 Å². The molecule has 8 heteroatoms. The quantitative estimate of drug-likeness (QED) is 0.652. The topological polar surface area (TPSA) is 106 Å². The summed E-state index contributed by atoms with van der Waals surface area (Å²) in [5.74, 6) is 0.672. The number of aromatic nitrogens is 3. The minimum Gasteiger partial charge on any atom is -0.497 e. The molecule has 2 aromatic heterocycles. The van der Waals surface area contributed by atoms with Gasteiger partial charge in [-0.05, 0) is 49.1 Å². The van der Waals surface area contributed by atoms with Crippen molar-refractivity contribution in [3.8, 4) is 5.75 Å². The molecule has 3 aromatic rings. The number of hydrogen-bond donors (Lipinski definition) is 2. The van der Waals surface area contributed by atoms with Crippen molar-refractivity contribution in [2.24, 2.45) is 5.92 Å². The van der Waals surface area contributed by atoms with Gasteiger partial charge in [0.25, 0.3) is 11.5 Å². The minimum atomic E-state index is -0.607. The number of fused-ring (bicyclic) bond motifs is 1. The molecule has 30 heavy (non-hydrogen) atoms. The lowest BCUT2D eigenvalue weighted by molar-refractivity contribution is 0.102. The van der Waals surface area contributed by atoms with E-state index in [0.29, 0.717) is 18.0 Å². The van der Waals surface area contributed by atoms with E-state index in [0.717, 1.165) is 18.5 Å². The molecule has 1 saturated carbocycles. The van der Waals surface area contributed by atoms with Crippen molar-refractivity contribution in [1.29, 1.82) is 0 Å². The normalized spacial score (nSPS) is 13.6. The highest BCUT2D eigenvalue weighted by atomic mass is 16.5. The Kier molecular flexibility index (Phi) is 5.15. The van der Waals surface area contributed by atoms with Crippen LogP contribution in [0.1, 0.15) is 48.7 Å². The number of methoxy groups -OCH3 is 1. The number of amides is 1. The molecule has 156 valence electrons. The Morgan fingerprint density at radius 1 is 1.27 bits per heavy atom. The van der Waals surface area contributed by atoms with Crippen LogP contribution < -0.4 is 21.3 Å². The van der Waals surface area contributed by atoms with Crippen LogP contribution in [0.3, 0.4) is 0 Å². The molecule has 0 atom stereocenters. The van der Waals surface area contributed by atoms with E-state index in [2.05, 4.69) is 15.3 Å².